The summed E-state index contributed by atoms with van der Waals surface area (Å²) in [6.45, 7) is 9.88. The van der Waals surface area contributed by atoms with E-state index in [0.29, 0.717) is 50.5 Å². The first-order chi connectivity index (χ1) is 16.1. The molecule has 1 fully saturated rings. The number of likely N-dealkylation sites (tertiary alicyclic amines) is 1. The first-order valence-corrected chi connectivity index (χ1v) is 13.3. The molecular formula is C25H35N3O5S. The minimum absolute atomic E-state index is 0.123. The summed E-state index contributed by atoms with van der Waals surface area (Å²) < 4.78 is 33.0. The van der Waals surface area contributed by atoms with Crippen molar-refractivity contribution < 1.29 is 22.4 Å². The van der Waals surface area contributed by atoms with E-state index in [0.717, 1.165) is 0 Å². The van der Waals surface area contributed by atoms with Gasteiger partial charge < -0.3 is 14.6 Å². The lowest BCUT2D eigenvalue weighted by Gasteiger charge is -2.30. The maximum Gasteiger partial charge on any atom is 0.289 e. The van der Waals surface area contributed by atoms with Crippen LogP contribution in [0.5, 0.6) is 0 Å². The number of hydrogen-bond acceptors (Lipinski definition) is 5. The predicted octanol–water partition coefficient (Wildman–Crippen LogP) is 4.07. The highest BCUT2D eigenvalue weighted by atomic mass is 32.2. The number of nitrogens with one attached hydrogen (secondary N) is 1. The van der Waals surface area contributed by atoms with Gasteiger partial charge in [-0.1, -0.05) is 27.7 Å². The van der Waals surface area contributed by atoms with Gasteiger partial charge in [0.05, 0.1) is 11.2 Å². The van der Waals surface area contributed by atoms with E-state index >= 15 is 0 Å². The summed E-state index contributed by atoms with van der Waals surface area (Å²) in [5, 5.41) is 2.89. The second-order valence-corrected chi connectivity index (χ2v) is 11.6. The molecule has 0 radical (unpaired) electrons. The van der Waals surface area contributed by atoms with Gasteiger partial charge in [0.25, 0.3) is 5.91 Å². The number of carbonyl (C=O) groups excluding carboxylic acids is 2. The molecular weight excluding hydrogens is 454 g/mol. The summed E-state index contributed by atoms with van der Waals surface area (Å²) in [5.41, 5.74) is 0.553. The fourth-order valence-corrected chi connectivity index (χ4v) is 5.86. The van der Waals surface area contributed by atoms with Gasteiger partial charge in [-0.25, -0.2) is 8.42 Å². The zero-order valence-corrected chi connectivity index (χ0v) is 21.2. The SMILES string of the molecule is CC(C)CN(CC(C)C)S(=O)(=O)c1ccc(NC(=O)C2CCN(C(=O)c3ccco3)CC2)cc1. The molecule has 1 aromatic heterocycles. The van der Waals surface area contributed by atoms with E-state index in [9.17, 15) is 18.0 Å². The highest BCUT2D eigenvalue weighted by Crippen LogP contribution is 2.24. The predicted molar refractivity (Wildman–Crippen MR) is 131 cm³/mol. The third-order valence-electron chi connectivity index (χ3n) is 5.78. The molecule has 2 amide bonds. The lowest BCUT2D eigenvalue weighted by Crippen LogP contribution is -2.41. The second kappa shape index (κ2) is 11.2. The molecule has 0 bridgehead atoms. The van der Waals surface area contributed by atoms with Crippen molar-refractivity contribution in [1.29, 1.82) is 0 Å². The number of amides is 2. The zero-order chi connectivity index (χ0) is 24.9. The fourth-order valence-electron chi connectivity index (χ4n) is 4.09. The molecule has 1 aliphatic heterocycles. The van der Waals surface area contributed by atoms with Crippen molar-refractivity contribution in [2.45, 2.75) is 45.4 Å². The summed E-state index contributed by atoms with van der Waals surface area (Å²) in [4.78, 5) is 27.0. The van der Waals surface area contributed by atoms with Gasteiger partial charge in [0.1, 0.15) is 0 Å². The summed E-state index contributed by atoms with van der Waals surface area (Å²) >= 11 is 0. The Labute approximate surface area is 202 Å². The van der Waals surface area contributed by atoms with E-state index in [2.05, 4.69) is 5.32 Å². The first-order valence-electron chi connectivity index (χ1n) is 11.8. The number of nitrogens with zero attached hydrogens (tertiary/aromatic N) is 2. The Bertz CT molecular complexity index is 1040. The summed E-state index contributed by atoms with van der Waals surface area (Å²) in [6.07, 6.45) is 2.59. The van der Waals surface area contributed by atoms with Crippen LogP contribution in [0.15, 0.2) is 52.0 Å². The number of rotatable bonds is 9. The van der Waals surface area contributed by atoms with Gasteiger partial charge in [0.15, 0.2) is 5.76 Å². The van der Waals surface area contributed by atoms with Crippen LogP contribution in [-0.4, -0.2) is 55.6 Å². The molecule has 2 heterocycles. The van der Waals surface area contributed by atoms with Crippen LogP contribution in [-0.2, 0) is 14.8 Å². The zero-order valence-electron chi connectivity index (χ0n) is 20.4. The molecule has 1 N–H and O–H groups in total. The van der Waals surface area contributed by atoms with Crippen molar-refractivity contribution in [3.8, 4) is 0 Å². The van der Waals surface area contributed by atoms with E-state index in [4.69, 9.17) is 4.42 Å². The Balaban J connectivity index is 1.59. The Morgan fingerprint density at radius 2 is 1.62 bits per heavy atom. The molecule has 34 heavy (non-hydrogen) atoms. The van der Waals surface area contributed by atoms with Crippen molar-refractivity contribution in [1.82, 2.24) is 9.21 Å². The number of piperidine rings is 1. The Hall–Kier alpha value is -2.65. The Morgan fingerprint density at radius 1 is 1.03 bits per heavy atom. The number of furan rings is 1. The molecule has 0 aliphatic carbocycles. The summed E-state index contributed by atoms with van der Waals surface area (Å²) in [5.74, 6) is 0.238. The highest BCUT2D eigenvalue weighted by Gasteiger charge is 2.29. The third-order valence-corrected chi connectivity index (χ3v) is 7.63. The number of sulfonamides is 1. The number of hydrogen-bond donors (Lipinski definition) is 1. The van der Waals surface area contributed by atoms with Crippen molar-refractivity contribution >= 4 is 27.5 Å². The van der Waals surface area contributed by atoms with E-state index < -0.39 is 10.0 Å². The van der Waals surface area contributed by atoms with Crippen molar-refractivity contribution in [3.63, 3.8) is 0 Å². The summed E-state index contributed by atoms with van der Waals surface area (Å²) in [6, 6.07) is 9.66. The normalized spacial score (nSPS) is 15.3. The van der Waals surface area contributed by atoms with Gasteiger partial charge in [-0.3, -0.25) is 9.59 Å². The van der Waals surface area contributed by atoms with Crippen LogP contribution >= 0.6 is 0 Å². The van der Waals surface area contributed by atoms with Gasteiger partial charge in [0, 0.05) is 37.8 Å². The van der Waals surface area contributed by atoms with E-state index in [1.54, 1.807) is 41.3 Å². The average Bonchev–Trinajstić information content (AvgIpc) is 3.33. The Kier molecular flexibility index (Phi) is 8.54. The van der Waals surface area contributed by atoms with Gasteiger partial charge in [-0.2, -0.15) is 4.31 Å². The molecule has 0 spiro atoms. The van der Waals surface area contributed by atoms with Gasteiger partial charge >= 0.3 is 0 Å². The fraction of sp³-hybridized carbons (Fsp3) is 0.520. The van der Waals surface area contributed by atoms with Crippen LogP contribution in [0.1, 0.15) is 51.1 Å². The van der Waals surface area contributed by atoms with E-state index in [1.165, 1.54) is 10.6 Å². The van der Waals surface area contributed by atoms with Gasteiger partial charge in [-0.05, 0) is 61.1 Å². The van der Waals surface area contributed by atoms with Crippen molar-refractivity contribution in [2.24, 2.45) is 17.8 Å². The molecule has 3 rings (SSSR count). The van der Waals surface area contributed by atoms with Crippen molar-refractivity contribution in [2.75, 3.05) is 31.5 Å². The van der Waals surface area contributed by atoms with Crippen molar-refractivity contribution in [3.05, 3.63) is 48.4 Å². The highest BCUT2D eigenvalue weighted by molar-refractivity contribution is 7.89. The maximum atomic E-state index is 13.2. The quantitative estimate of drug-likeness (QED) is 0.572. The molecule has 0 saturated carbocycles. The molecule has 9 heteroatoms. The average molecular weight is 490 g/mol. The monoisotopic (exact) mass is 489 g/mol. The molecule has 1 aliphatic rings. The van der Waals surface area contributed by atoms with Crippen LogP contribution in [0.25, 0.3) is 0 Å². The topological polar surface area (TPSA) is 99.9 Å². The van der Waals surface area contributed by atoms with Gasteiger partial charge in [0.2, 0.25) is 15.9 Å². The largest absolute Gasteiger partial charge is 0.459 e. The minimum Gasteiger partial charge on any atom is -0.459 e. The lowest BCUT2D eigenvalue weighted by molar-refractivity contribution is -0.121. The maximum absolute atomic E-state index is 13.2. The van der Waals surface area contributed by atoms with Gasteiger partial charge in [-0.15, -0.1) is 0 Å². The smallest absolute Gasteiger partial charge is 0.289 e. The standard InChI is InChI=1S/C25H35N3O5S/c1-18(2)16-28(17-19(3)4)34(31,32)22-9-7-21(8-10-22)26-24(29)20-11-13-27(14-12-20)25(30)23-6-5-15-33-23/h5-10,15,18-20H,11-14,16-17H2,1-4H3,(H,26,29). The molecule has 1 aromatic carbocycles. The third kappa shape index (κ3) is 6.48. The number of benzene rings is 1. The molecule has 2 aromatic rings. The van der Waals surface area contributed by atoms with Crippen LogP contribution < -0.4 is 5.32 Å². The number of anilines is 1. The minimum atomic E-state index is -3.61. The second-order valence-electron chi connectivity index (χ2n) is 9.67. The summed E-state index contributed by atoms with van der Waals surface area (Å²) in [7, 11) is -3.61. The molecule has 8 nitrogen and oxygen atoms in total. The molecule has 1 saturated heterocycles. The van der Waals surface area contributed by atoms with Crippen LogP contribution in [0, 0.1) is 17.8 Å². The first kappa shape index (κ1) is 26.0. The number of carbonyl (C=O) groups is 2. The lowest BCUT2D eigenvalue weighted by atomic mass is 9.95. The van der Waals surface area contributed by atoms with Crippen LogP contribution in [0.2, 0.25) is 0 Å². The molecule has 0 atom stereocenters. The molecule has 0 unspecified atom stereocenters. The van der Waals surface area contributed by atoms with E-state index in [-0.39, 0.29) is 34.5 Å². The van der Waals surface area contributed by atoms with Crippen LogP contribution in [0.3, 0.4) is 0 Å². The Morgan fingerprint density at radius 3 is 2.12 bits per heavy atom. The van der Waals surface area contributed by atoms with E-state index in [1.807, 2.05) is 27.7 Å². The molecule has 186 valence electrons. The van der Waals surface area contributed by atoms with Crippen LogP contribution in [0.4, 0.5) is 5.69 Å².